The molecule has 214 valence electrons. The SMILES string of the molecule is CSCC[C@@H](ONC(=O)c1cccc(C(=O)NO[C@H](CCSC)C(=O)NCC(C)C)c1)C(=O)NCC(C)C. The van der Waals surface area contributed by atoms with Gasteiger partial charge in [0.15, 0.2) is 12.2 Å². The van der Waals surface area contributed by atoms with Gasteiger partial charge in [-0.1, -0.05) is 33.8 Å². The summed E-state index contributed by atoms with van der Waals surface area (Å²) in [5.74, 6) is 0.121. The summed E-state index contributed by atoms with van der Waals surface area (Å²) in [7, 11) is 0. The zero-order valence-electron chi connectivity index (χ0n) is 23.1. The standard InChI is InChI=1S/C26H42N4O6S2/c1-17(2)15-27-25(33)21(10-12-37-5)35-29-23(31)19-8-7-9-20(14-19)24(32)30-36-22(11-13-38-6)26(34)28-16-18(3)4/h7-9,14,17-18,21-22H,10-13,15-16H2,1-6H3,(H,27,33)(H,28,34)(H,29,31)(H,30,32)/t21-,22-/m1/s1. The minimum atomic E-state index is -0.843. The van der Waals surface area contributed by atoms with Gasteiger partial charge in [-0.05, 0) is 66.9 Å². The van der Waals surface area contributed by atoms with Gasteiger partial charge >= 0.3 is 0 Å². The fraction of sp³-hybridized carbons (Fsp3) is 0.615. The summed E-state index contributed by atoms with van der Waals surface area (Å²) in [6, 6.07) is 5.97. The Balaban J connectivity index is 2.77. The van der Waals surface area contributed by atoms with Crippen LogP contribution in [0.4, 0.5) is 0 Å². The van der Waals surface area contributed by atoms with Gasteiger partial charge in [-0.3, -0.25) is 28.9 Å². The summed E-state index contributed by atoms with van der Waals surface area (Å²) in [5, 5.41) is 5.63. The molecule has 1 aromatic rings. The molecule has 0 unspecified atom stereocenters. The molecule has 0 saturated heterocycles. The highest BCUT2D eigenvalue weighted by molar-refractivity contribution is 7.98. The van der Waals surface area contributed by atoms with Crippen molar-refractivity contribution in [3.05, 3.63) is 35.4 Å². The quantitative estimate of drug-likeness (QED) is 0.198. The van der Waals surface area contributed by atoms with Gasteiger partial charge in [0.2, 0.25) is 0 Å². The van der Waals surface area contributed by atoms with Crippen LogP contribution in [0.15, 0.2) is 24.3 Å². The molecule has 0 aliphatic carbocycles. The van der Waals surface area contributed by atoms with E-state index in [1.54, 1.807) is 29.6 Å². The van der Waals surface area contributed by atoms with Crippen LogP contribution >= 0.6 is 23.5 Å². The number of thioether (sulfide) groups is 2. The molecule has 38 heavy (non-hydrogen) atoms. The number of hydrogen-bond donors (Lipinski definition) is 4. The van der Waals surface area contributed by atoms with Crippen molar-refractivity contribution < 1.29 is 28.9 Å². The van der Waals surface area contributed by atoms with E-state index in [1.807, 2.05) is 40.2 Å². The average molecular weight is 571 g/mol. The first-order chi connectivity index (χ1) is 18.1. The van der Waals surface area contributed by atoms with E-state index in [1.165, 1.54) is 18.2 Å². The number of nitrogens with one attached hydrogen (secondary N) is 4. The Morgan fingerprint density at radius 3 is 1.47 bits per heavy atom. The molecular weight excluding hydrogens is 528 g/mol. The van der Waals surface area contributed by atoms with Gasteiger partial charge in [0.25, 0.3) is 23.6 Å². The lowest BCUT2D eigenvalue weighted by Gasteiger charge is -2.18. The van der Waals surface area contributed by atoms with Gasteiger partial charge in [-0.25, -0.2) is 11.0 Å². The molecule has 0 fully saturated rings. The summed E-state index contributed by atoms with van der Waals surface area (Å²) in [6.45, 7) is 8.95. The largest absolute Gasteiger partial charge is 0.354 e. The molecule has 0 aromatic heterocycles. The predicted octanol–water partition coefficient (Wildman–Crippen LogP) is 2.80. The zero-order chi connectivity index (χ0) is 28.5. The van der Waals surface area contributed by atoms with Crippen molar-refractivity contribution in [3.63, 3.8) is 0 Å². The molecule has 10 nitrogen and oxygen atoms in total. The van der Waals surface area contributed by atoms with Gasteiger partial charge in [0, 0.05) is 24.2 Å². The van der Waals surface area contributed by atoms with Gasteiger partial charge < -0.3 is 10.6 Å². The van der Waals surface area contributed by atoms with Crippen molar-refractivity contribution in [2.45, 2.75) is 52.7 Å². The second-order valence-corrected chi connectivity index (χ2v) is 11.5. The molecule has 0 spiro atoms. The predicted molar refractivity (Wildman–Crippen MR) is 153 cm³/mol. The third kappa shape index (κ3) is 13.5. The molecule has 0 aliphatic heterocycles. The van der Waals surface area contributed by atoms with Gasteiger partial charge in [0.1, 0.15) is 0 Å². The molecule has 1 rings (SSSR count). The highest BCUT2D eigenvalue weighted by Crippen LogP contribution is 2.09. The Bertz CT molecular complexity index is 833. The van der Waals surface area contributed by atoms with Crippen molar-refractivity contribution in [1.29, 1.82) is 0 Å². The van der Waals surface area contributed by atoms with Gasteiger partial charge in [-0.2, -0.15) is 23.5 Å². The minimum absolute atomic E-state index is 0.164. The molecule has 0 radical (unpaired) electrons. The highest BCUT2D eigenvalue weighted by atomic mass is 32.2. The number of hydrogen-bond acceptors (Lipinski definition) is 8. The number of carbonyl (C=O) groups is 4. The lowest BCUT2D eigenvalue weighted by molar-refractivity contribution is -0.137. The second-order valence-electron chi connectivity index (χ2n) is 9.50. The van der Waals surface area contributed by atoms with Crippen molar-refractivity contribution in [3.8, 4) is 0 Å². The summed E-state index contributed by atoms with van der Waals surface area (Å²) < 4.78 is 0. The van der Waals surface area contributed by atoms with E-state index in [0.29, 0.717) is 37.4 Å². The van der Waals surface area contributed by atoms with E-state index in [9.17, 15) is 19.2 Å². The molecule has 12 heteroatoms. The average Bonchev–Trinajstić information content (AvgIpc) is 2.90. The van der Waals surface area contributed by atoms with Crippen LogP contribution in [-0.2, 0) is 19.3 Å². The van der Waals surface area contributed by atoms with Crippen molar-refractivity contribution >= 4 is 47.2 Å². The molecule has 2 atom stereocenters. The van der Waals surface area contributed by atoms with Crippen LogP contribution in [0.5, 0.6) is 0 Å². The lowest BCUT2D eigenvalue weighted by Crippen LogP contribution is -2.42. The number of hydroxylamine groups is 2. The van der Waals surface area contributed by atoms with Gasteiger partial charge in [-0.15, -0.1) is 0 Å². The minimum Gasteiger partial charge on any atom is -0.354 e. The van der Waals surface area contributed by atoms with Crippen LogP contribution in [0.1, 0.15) is 61.3 Å². The molecule has 0 bridgehead atoms. The van der Waals surface area contributed by atoms with Crippen molar-refractivity contribution in [2.24, 2.45) is 11.8 Å². The number of carbonyl (C=O) groups excluding carboxylic acids is 4. The Morgan fingerprint density at radius 1 is 0.737 bits per heavy atom. The number of amides is 4. The summed E-state index contributed by atoms with van der Waals surface area (Å²) in [5.41, 5.74) is 4.98. The maximum atomic E-state index is 12.7. The fourth-order valence-electron chi connectivity index (χ4n) is 2.94. The molecule has 4 N–H and O–H groups in total. The Hall–Kier alpha value is -2.28. The van der Waals surface area contributed by atoms with Gasteiger partial charge in [0.05, 0.1) is 0 Å². The topological polar surface area (TPSA) is 135 Å². The first-order valence-corrected chi connectivity index (χ1v) is 15.4. The smallest absolute Gasteiger partial charge is 0.274 e. The van der Waals surface area contributed by atoms with E-state index >= 15 is 0 Å². The first kappa shape index (κ1) is 33.7. The maximum absolute atomic E-state index is 12.7. The summed E-state index contributed by atoms with van der Waals surface area (Å²) in [4.78, 5) is 61.2. The monoisotopic (exact) mass is 570 g/mol. The normalized spacial score (nSPS) is 12.6. The maximum Gasteiger partial charge on any atom is 0.274 e. The number of benzene rings is 1. The van der Waals surface area contributed by atoms with E-state index < -0.39 is 24.0 Å². The molecular formula is C26H42N4O6S2. The molecule has 0 aliphatic rings. The third-order valence-corrected chi connectivity index (χ3v) is 6.38. The Kier molecular flexibility index (Phi) is 16.8. The van der Waals surface area contributed by atoms with E-state index in [2.05, 4.69) is 21.6 Å². The van der Waals surface area contributed by atoms with Crippen molar-refractivity contribution in [2.75, 3.05) is 37.1 Å². The third-order valence-electron chi connectivity index (χ3n) is 5.10. The van der Waals surface area contributed by atoms with Crippen LogP contribution in [0, 0.1) is 11.8 Å². The zero-order valence-corrected chi connectivity index (χ0v) is 24.8. The van der Waals surface area contributed by atoms with E-state index in [-0.39, 0.29) is 34.8 Å². The van der Waals surface area contributed by atoms with E-state index in [0.717, 1.165) is 0 Å². The van der Waals surface area contributed by atoms with Crippen LogP contribution in [0.2, 0.25) is 0 Å². The first-order valence-electron chi connectivity index (χ1n) is 12.6. The molecule has 0 heterocycles. The second kappa shape index (κ2) is 18.9. The molecule has 0 saturated carbocycles. The van der Waals surface area contributed by atoms with Crippen LogP contribution < -0.4 is 21.6 Å². The van der Waals surface area contributed by atoms with Crippen LogP contribution in [-0.4, -0.2) is 72.9 Å². The summed E-state index contributed by atoms with van der Waals surface area (Å²) >= 11 is 3.14. The number of rotatable bonds is 18. The Labute approximate surface area is 234 Å². The highest BCUT2D eigenvalue weighted by Gasteiger charge is 2.23. The lowest BCUT2D eigenvalue weighted by atomic mass is 10.1. The Morgan fingerprint density at radius 2 is 1.13 bits per heavy atom. The fourth-order valence-corrected chi connectivity index (χ4v) is 3.84. The van der Waals surface area contributed by atoms with Crippen molar-refractivity contribution in [1.82, 2.24) is 21.6 Å². The molecule has 1 aromatic carbocycles. The van der Waals surface area contributed by atoms with E-state index in [4.69, 9.17) is 9.68 Å². The van der Waals surface area contributed by atoms with Crippen LogP contribution in [0.3, 0.4) is 0 Å². The van der Waals surface area contributed by atoms with Crippen LogP contribution in [0.25, 0.3) is 0 Å². The summed E-state index contributed by atoms with van der Waals surface area (Å²) in [6.07, 6.45) is 3.01. The molecule has 4 amide bonds.